The molecule has 0 saturated heterocycles. The standard InChI is InChI=1S/C14H16N4OS/c1-9-7-8-16-14(17-9)20-10(2)13(19)18-12-6-4-3-5-11(12)15/h3-8,10H,15H2,1-2H3,(H,18,19). The molecule has 2 aromatic rings. The quantitative estimate of drug-likeness (QED) is 0.513. The van der Waals surface area contributed by atoms with E-state index in [4.69, 9.17) is 5.73 Å². The van der Waals surface area contributed by atoms with Crippen molar-refractivity contribution in [3.05, 3.63) is 42.2 Å². The van der Waals surface area contributed by atoms with Gasteiger partial charge in [-0.05, 0) is 32.0 Å². The summed E-state index contributed by atoms with van der Waals surface area (Å²) in [6, 6.07) is 8.99. The molecule has 0 radical (unpaired) electrons. The molecular formula is C14H16N4OS. The van der Waals surface area contributed by atoms with Crippen molar-refractivity contribution >= 4 is 29.0 Å². The zero-order valence-electron chi connectivity index (χ0n) is 11.3. The predicted molar refractivity (Wildman–Crippen MR) is 81.6 cm³/mol. The molecular weight excluding hydrogens is 272 g/mol. The summed E-state index contributed by atoms with van der Waals surface area (Å²) in [6.07, 6.45) is 1.68. The molecule has 0 fully saturated rings. The monoisotopic (exact) mass is 288 g/mol. The molecule has 20 heavy (non-hydrogen) atoms. The number of rotatable bonds is 4. The van der Waals surface area contributed by atoms with E-state index < -0.39 is 0 Å². The highest BCUT2D eigenvalue weighted by Gasteiger charge is 2.16. The number of aryl methyl sites for hydroxylation is 1. The fraction of sp³-hybridized carbons (Fsp3) is 0.214. The highest BCUT2D eigenvalue weighted by Crippen LogP contribution is 2.22. The molecule has 0 aliphatic heterocycles. The molecule has 1 aromatic carbocycles. The van der Waals surface area contributed by atoms with Crippen LogP contribution in [0.4, 0.5) is 11.4 Å². The molecule has 5 nitrogen and oxygen atoms in total. The van der Waals surface area contributed by atoms with Gasteiger partial charge < -0.3 is 11.1 Å². The Morgan fingerprint density at radius 1 is 1.35 bits per heavy atom. The number of thioether (sulfide) groups is 1. The van der Waals surface area contributed by atoms with Crippen LogP contribution in [0.5, 0.6) is 0 Å². The van der Waals surface area contributed by atoms with Gasteiger partial charge in [0.2, 0.25) is 5.91 Å². The number of para-hydroxylation sites is 2. The summed E-state index contributed by atoms with van der Waals surface area (Å²) in [5.74, 6) is -0.127. The number of nitrogens with two attached hydrogens (primary N) is 1. The molecule has 0 aliphatic carbocycles. The summed E-state index contributed by atoms with van der Waals surface area (Å²) in [5.41, 5.74) is 7.84. The first kappa shape index (κ1) is 14.3. The molecule has 0 bridgehead atoms. The number of carbonyl (C=O) groups excluding carboxylic acids is 1. The smallest absolute Gasteiger partial charge is 0.237 e. The van der Waals surface area contributed by atoms with Crippen LogP contribution in [0.2, 0.25) is 0 Å². The molecule has 1 amide bonds. The normalized spacial score (nSPS) is 11.9. The fourth-order valence-electron chi connectivity index (χ4n) is 1.54. The SMILES string of the molecule is Cc1ccnc(SC(C)C(=O)Nc2ccccc2N)n1. The number of aromatic nitrogens is 2. The summed E-state index contributed by atoms with van der Waals surface area (Å²) >= 11 is 1.32. The average Bonchev–Trinajstić information content (AvgIpc) is 2.41. The Kier molecular flexibility index (Phi) is 4.57. The van der Waals surface area contributed by atoms with Gasteiger partial charge in [0.25, 0.3) is 0 Å². The maximum Gasteiger partial charge on any atom is 0.237 e. The minimum atomic E-state index is -0.309. The van der Waals surface area contributed by atoms with Crippen molar-refractivity contribution in [3.8, 4) is 0 Å². The van der Waals surface area contributed by atoms with E-state index in [0.29, 0.717) is 16.5 Å². The summed E-state index contributed by atoms with van der Waals surface area (Å²) in [4.78, 5) is 20.5. The van der Waals surface area contributed by atoms with E-state index in [1.54, 1.807) is 18.3 Å². The van der Waals surface area contributed by atoms with E-state index in [1.807, 2.05) is 32.0 Å². The molecule has 0 saturated carbocycles. The van der Waals surface area contributed by atoms with Crippen LogP contribution in [-0.2, 0) is 4.79 Å². The van der Waals surface area contributed by atoms with Crippen LogP contribution in [-0.4, -0.2) is 21.1 Å². The largest absolute Gasteiger partial charge is 0.397 e. The third-order valence-corrected chi connectivity index (χ3v) is 3.62. The lowest BCUT2D eigenvalue weighted by Crippen LogP contribution is -2.23. The molecule has 0 aliphatic rings. The van der Waals surface area contributed by atoms with Crippen molar-refractivity contribution in [1.29, 1.82) is 0 Å². The summed E-state index contributed by atoms with van der Waals surface area (Å²) in [5, 5.41) is 3.09. The third kappa shape index (κ3) is 3.71. The molecule has 6 heteroatoms. The highest BCUT2D eigenvalue weighted by atomic mass is 32.2. The van der Waals surface area contributed by atoms with Crippen molar-refractivity contribution in [2.75, 3.05) is 11.1 Å². The first-order valence-corrected chi connectivity index (χ1v) is 7.06. The number of nitrogens with one attached hydrogen (secondary N) is 1. The van der Waals surface area contributed by atoms with Gasteiger partial charge in [-0.1, -0.05) is 23.9 Å². The van der Waals surface area contributed by atoms with Crippen molar-refractivity contribution in [3.63, 3.8) is 0 Å². The molecule has 0 spiro atoms. The first-order valence-electron chi connectivity index (χ1n) is 6.18. The molecule has 104 valence electrons. The molecule has 1 aromatic heterocycles. The highest BCUT2D eigenvalue weighted by molar-refractivity contribution is 8.00. The van der Waals surface area contributed by atoms with E-state index >= 15 is 0 Å². The van der Waals surface area contributed by atoms with Crippen molar-refractivity contribution in [2.24, 2.45) is 0 Å². The zero-order chi connectivity index (χ0) is 14.5. The number of nitrogen functional groups attached to an aromatic ring is 1. The molecule has 3 N–H and O–H groups in total. The Morgan fingerprint density at radius 2 is 2.10 bits per heavy atom. The maximum atomic E-state index is 12.1. The van der Waals surface area contributed by atoms with E-state index in [2.05, 4.69) is 15.3 Å². The topological polar surface area (TPSA) is 80.9 Å². The van der Waals surface area contributed by atoms with Crippen LogP contribution in [0.25, 0.3) is 0 Å². The Labute approximate surface area is 122 Å². The van der Waals surface area contributed by atoms with Gasteiger partial charge in [0, 0.05) is 11.9 Å². The number of hydrogen-bond acceptors (Lipinski definition) is 5. The van der Waals surface area contributed by atoms with Gasteiger partial charge in [0.15, 0.2) is 5.16 Å². The van der Waals surface area contributed by atoms with Crippen LogP contribution in [0.15, 0.2) is 41.7 Å². The van der Waals surface area contributed by atoms with Crippen LogP contribution >= 0.6 is 11.8 Å². The summed E-state index contributed by atoms with van der Waals surface area (Å²) in [7, 11) is 0. The second kappa shape index (κ2) is 6.38. The number of benzene rings is 1. The Morgan fingerprint density at radius 3 is 2.80 bits per heavy atom. The summed E-state index contributed by atoms with van der Waals surface area (Å²) in [6.45, 7) is 3.70. The zero-order valence-corrected chi connectivity index (χ0v) is 12.1. The first-order chi connectivity index (χ1) is 9.56. The van der Waals surface area contributed by atoms with Gasteiger partial charge in [-0.25, -0.2) is 9.97 Å². The number of anilines is 2. The van der Waals surface area contributed by atoms with Gasteiger partial charge in [0.05, 0.1) is 16.6 Å². The van der Waals surface area contributed by atoms with Gasteiger partial charge in [-0.2, -0.15) is 0 Å². The minimum absolute atomic E-state index is 0.127. The lowest BCUT2D eigenvalue weighted by Gasteiger charge is -2.12. The maximum absolute atomic E-state index is 12.1. The second-order valence-corrected chi connectivity index (χ2v) is 5.63. The number of amides is 1. The van der Waals surface area contributed by atoms with Crippen molar-refractivity contribution in [1.82, 2.24) is 9.97 Å². The third-order valence-electron chi connectivity index (χ3n) is 2.64. The lowest BCUT2D eigenvalue weighted by molar-refractivity contribution is -0.115. The van der Waals surface area contributed by atoms with E-state index in [9.17, 15) is 4.79 Å². The number of carbonyl (C=O) groups is 1. The van der Waals surface area contributed by atoms with Gasteiger partial charge in [-0.3, -0.25) is 4.79 Å². The fourth-order valence-corrected chi connectivity index (χ4v) is 2.34. The van der Waals surface area contributed by atoms with Crippen LogP contribution in [0.1, 0.15) is 12.6 Å². The predicted octanol–water partition coefficient (Wildman–Crippen LogP) is 2.49. The average molecular weight is 288 g/mol. The molecule has 2 rings (SSSR count). The van der Waals surface area contributed by atoms with Crippen LogP contribution in [0.3, 0.4) is 0 Å². The van der Waals surface area contributed by atoms with Crippen LogP contribution in [0, 0.1) is 6.92 Å². The molecule has 1 heterocycles. The number of hydrogen-bond donors (Lipinski definition) is 2. The van der Waals surface area contributed by atoms with Crippen molar-refractivity contribution < 1.29 is 4.79 Å². The van der Waals surface area contributed by atoms with Gasteiger partial charge >= 0.3 is 0 Å². The van der Waals surface area contributed by atoms with Crippen molar-refractivity contribution in [2.45, 2.75) is 24.3 Å². The summed E-state index contributed by atoms with van der Waals surface area (Å²) < 4.78 is 0. The lowest BCUT2D eigenvalue weighted by atomic mass is 10.2. The molecule has 1 unspecified atom stereocenters. The van der Waals surface area contributed by atoms with E-state index in [1.165, 1.54) is 11.8 Å². The number of nitrogens with zero attached hydrogens (tertiary/aromatic N) is 2. The Balaban J connectivity index is 2.01. The van der Waals surface area contributed by atoms with Gasteiger partial charge in [0.1, 0.15) is 0 Å². The second-order valence-electron chi connectivity index (χ2n) is 4.32. The Bertz CT molecular complexity index is 618. The van der Waals surface area contributed by atoms with E-state index in [-0.39, 0.29) is 11.2 Å². The Hall–Kier alpha value is -2.08. The molecule has 1 atom stereocenters. The van der Waals surface area contributed by atoms with Gasteiger partial charge in [-0.15, -0.1) is 0 Å². The minimum Gasteiger partial charge on any atom is -0.397 e. The van der Waals surface area contributed by atoms with Crippen LogP contribution < -0.4 is 11.1 Å². The van der Waals surface area contributed by atoms with E-state index in [0.717, 1.165) is 5.69 Å².